The maximum atomic E-state index is 11.6. The number of terminal acetylenes is 1. The zero-order chi connectivity index (χ0) is 13.0. The predicted octanol–water partition coefficient (Wildman–Crippen LogP) is 1.36. The first kappa shape index (κ1) is 12.7. The average Bonchev–Trinajstić information content (AvgIpc) is 2.80. The number of carbonyl (C=O) groups is 1. The fraction of sp³-hybridized carbons (Fsp3) is 0.400. The molecule has 0 heterocycles. The van der Waals surface area contributed by atoms with Gasteiger partial charge in [-0.3, -0.25) is 9.69 Å². The molecule has 3 heteroatoms. The Kier molecular flexibility index (Phi) is 4.01. The third-order valence-electron chi connectivity index (χ3n) is 3.41. The van der Waals surface area contributed by atoms with Crippen molar-refractivity contribution < 1.29 is 4.79 Å². The van der Waals surface area contributed by atoms with Crippen LogP contribution in [0.1, 0.15) is 23.6 Å². The third kappa shape index (κ3) is 2.72. The molecule has 0 saturated heterocycles. The van der Waals surface area contributed by atoms with Crippen molar-refractivity contribution in [3.8, 4) is 12.3 Å². The first-order chi connectivity index (χ1) is 8.72. The van der Waals surface area contributed by atoms with Crippen LogP contribution in [0.25, 0.3) is 0 Å². The van der Waals surface area contributed by atoms with Crippen molar-refractivity contribution in [2.75, 3.05) is 20.1 Å². The van der Waals surface area contributed by atoms with Crippen LogP contribution in [0.4, 0.5) is 0 Å². The van der Waals surface area contributed by atoms with E-state index < -0.39 is 0 Å². The van der Waals surface area contributed by atoms with E-state index in [0.29, 0.717) is 19.1 Å². The van der Waals surface area contributed by atoms with Crippen LogP contribution in [0.15, 0.2) is 24.3 Å². The number of nitrogens with zero attached hydrogens (tertiary/aromatic N) is 1. The molecule has 1 N–H and O–H groups in total. The molecule has 0 fully saturated rings. The molecule has 0 spiro atoms. The Hall–Kier alpha value is -1.79. The van der Waals surface area contributed by atoms with E-state index in [1.807, 2.05) is 7.05 Å². The standard InChI is InChI=1S/C15H18N2O/c1-3-10-16-15(18)11-17(2)14-9-8-12-6-4-5-7-13(12)14/h1,4-7,14H,8-11H2,2H3,(H,16,18). The van der Waals surface area contributed by atoms with Crippen LogP contribution in [-0.4, -0.2) is 30.9 Å². The molecule has 1 amide bonds. The molecular weight excluding hydrogens is 224 g/mol. The number of aryl methyl sites for hydroxylation is 1. The van der Waals surface area contributed by atoms with Crippen LogP contribution in [0.3, 0.4) is 0 Å². The van der Waals surface area contributed by atoms with Crippen molar-refractivity contribution in [2.45, 2.75) is 18.9 Å². The van der Waals surface area contributed by atoms with Gasteiger partial charge in [-0.25, -0.2) is 0 Å². The van der Waals surface area contributed by atoms with Crippen molar-refractivity contribution >= 4 is 5.91 Å². The maximum Gasteiger partial charge on any atom is 0.234 e. The summed E-state index contributed by atoms with van der Waals surface area (Å²) in [6.07, 6.45) is 7.29. The zero-order valence-electron chi connectivity index (χ0n) is 10.6. The highest BCUT2D eigenvalue weighted by Crippen LogP contribution is 2.34. The molecule has 1 aliphatic rings. The number of rotatable bonds is 4. The summed E-state index contributed by atoms with van der Waals surface area (Å²) in [5.41, 5.74) is 2.75. The Labute approximate surface area is 108 Å². The lowest BCUT2D eigenvalue weighted by Gasteiger charge is -2.24. The van der Waals surface area contributed by atoms with E-state index in [2.05, 4.69) is 40.4 Å². The van der Waals surface area contributed by atoms with Crippen molar-refractivity contribution in [3.05, 3.63) is 35.4 Å². The number of hydrogen-bond donors (Lipinski definition) is 1. The molecule has 1 aromatic carbocycles. The number of nitrogens with one attached hydrogen (secondary N) is 1. The van der Waals surface area contributed by atoms with E-state index in [1.54, 1.807) is 0 Å². The summed E-state index contributed by atoms with van der Waals surface area (Å²) in [6.45, 7) is 0.689. The Morgan fingerprint density at radius 2 is 2.33 bits per heavy atom. The molecule has 18 heavy (non-hydrogen) atoms. The normalized spacial score (nSPS) is 17.3. The topological polar surface area (TPSA) is 32.3 Å². The van der Waals surface area contributed by atoms with Crippen molar-refractivity contribution in [3.63, 3.8) is 0 Å². The second kappa shape index (κ2) is 5.70. The molecule has 1 unspecified atom stereocenters. The molecule has 0 bridgehead atoms. The molecule has 0 aromatic heterocycles. The molecular formula is C15H18N2O. The van der Waals surface area contributed by atoms with Gasteiger partial charge in [0.2, 0.25) is 5.91 Å². The number of hydrogen-bond acceptors (Lipinski definition) is 2. The number of likely N-dealkylation sites (N-methyl/N-ethyl adjacent to an activating group) is 1. The Bertz CT molecular complexity index is 476. The second-order valence-corrected chi connectivity index (χ2v) is 4.65. The van der Waals surface area contributed by atoms with Gasteiger partial charge in [0.25, 0.3) is 0 Å². The van der Waals surface area contributed by atoms with Crippen LogP contribution in [-0.2, 0) is 11.2 Å². The van der Waals surface area contributed by atoms with Crippen molar-refractivity contribution in [2.24, 2.45) is 0 Å². The number of fused-ring (bicyclic) bond motifs is 1. The molecule has 3 nitrogen and oxygen atoms in total. The van der Waals surface area contributed by atoms with Gasteiger partial charge < -0.3 is 5.32 Å². The van der Waals surface area contributed by atoms with Gasteiger partial charge in [0, 0.05) is 6.04 Å². The summed E-state index contributed by atoms with van der Waals surface area (Å²) in [5, 5.41) is 2.69. The van der Waals surface area contributed by atoms with Gasteiger partial charge >= 0.3 is 0 Å². The quantitative estimate of drug-likeness (QED) is 0.808. The van der Waals surface area contributed by atoms with Gasteiger partial charge in [-0.05, 0) is 31.0 Å². The number of benzene rings is 1. The van der Waals surface area contributed by atoms with Crippen molar-refractivity contribution in [1.29, 1.82) is 0 Å². The molecule has 2 rings (SSSR count). The highest BCUT2D eigenvalue weighted by atomic mass is 16.2. The highest BCUT2D eigenvalue weighted by molar-refractivity contribution is 5.78. The van der Waals surface area contributed by atoms with Crippen LogP contribution < -0.4 is 5.32 Å². The first-order valence-electron chi connectivity index (χ1n) is 6.20. The smallest absolute Gasteiger partial charge is 0.234 e. The van der Waals surface area contributed by atoms with Crippen molar-refractivity contribution in [1.82, 2.24) is 10.2 Å². The minimum Gasteiger partial charge on any atom is -0.344 e. The lowest BCUT2D eigenvalue weighted by molar-refractivity contribution is -0.122. The molecule has 0 saturated carbocycles. The van der Waals surface area contributed by atoms with Gasteiger partial charge in [-0.15, -0.1) is 6.42 Å². The zero-order valence-corrected chi connectivity index (χ0v) is 10.6. The van der Waals surface area contributed by atoms with Gasteiger partial charge in [0.15, 0.2) is 0 Å². The van der Waals surface area contributed by atoms with Gasteiger partial charge in [-0.1, -0.05) is 30.2 Å². The number of amides is 1. The maximum absolute atomic E-state index is 11.6. The monoisotopic (exact) mass is 242 g/mol. The van der Waals surface area contributed by atoms with E-state index in [9.17, 15) is 4.79 Å². The summed E-state index contributed by atoms with van der Waals surface area (Å²) in [5.74, 6) is 2.39. The third-order valence-corrected chi connectivity index (χ3v) is 3.41. The summed E-state index contributed by atoms with van der Waals surface area (Å²) >= 11 is 0. The Morgan fingerprint density at radius 1 is 1.56 bits per heavy atom. The largest absolute Gasteiger partial charge is 0.344 e. The molecule has 1 aromatic rings. The lowest BCUT2D eigenvalue weighted by Crippen LogP contribution is -2.36. The van der Waals surface area contributed by atoms with E-state index in [0.717, 1.165) is 12.8 Å². The van der Waals surface area contributed by atoms with Crippen LogP contribution in [0.5, 0.6) is 0 Å². The summed E-state index contributed by atoms with van der Waals surface area (Å²) < 4.78 is 0. The lowest BCUT2D eigenvalue weighted by atomic mass is 10.1. The Balaban J connectivity index is 1.97. The molecule has 0 radical (unpaired) electrons. The van der Waals surface area contributed by atoms with E-state index in [-0.39, 0.29) is 5.91 Å². The Morgan fingerprint density at radius 3 is 3.11 bits per heavy atom. The van der Waals surface area contributed by atoms with Crippen LogP contribution in [0.2, 0.25) is 0 Å². The van der Waals surface area contributed by atoms with Crippen LogP contribution in [0, 0.1) is 12.3 Å². The predicted molar refractivity (Wildman–Crippen MR) is 72.0 cm³/mol. The molecule has 94 valence electrons. The van der Waals surface area contributed by atoms with Crippen LogP contribution >= 0.6 is 0 Å². The van der Waals surface area contributed by atoms with E-state index >= 15 is 0 Å². The summed E-state index contributed by atoms with van der Waals surface area (Å²) in [7, 11) is 1.99. The highest BCUT2D eigenvalue weighted by Gasteiger charge is 2.26. The summed E-state index contributed by atoms with van der Waals surface area (Å²) in [4.78, 5) is 13.7. The van der Waals surface area contributed by atoms with E-state index in [4.69, 9.17) is 6.42 Å². The van der Waals surface area contributed by atoms with E-state index in [1.165, 1.54) is 11.1 Å². The molecule has 0 aliphatic heterocycles. The van der Waals surface area contributed by atoms with Gasteiger partial charge in [0.1, 0.15) is 0 Å². The average molecular weight is 242 g/mol. The van der Waals surface area contributed by atoms with Gasteiger partial charge in [-0.2, -0.15) is 0 Å². The molecule has 1 aliphatic carbocycles. The number of carbonyl (C=O) groups excluding carboxylic acids is 1. The fourth-order valence-electron chi connectivity index (χ4n) is 2.53. The minimum absolute atomic E-state index is 0.0140. The second-order valence-electron chi connectivity index (χ2n) is 4.65. The first-order valence-corrected chi connectivity index (χ1v) is 6.20. The minimum atomic E-state index is -0.0140. The SMILES string of the molecule is C#CCNC(=O)CN(C)C1CCc2ccccc21. The molecule has 1 atom stereocenters. The fourth-order valence-corrected chi connectivity index (χ4v) is 2.53. The van der Waals surface area contributed by atoms with Gasteiger partial charge in [0.05, 0.1) is 13.1 Å². The summed E-state index contributed by atoms with van der Waals surface area (Å²) in [6, 6.07) is 8.80.